The van der Waals surface area contributed by atoms with Gasteiger partial charge >= 0.3 is 12.1 Å². The minimum Gasteiger partial charge on any atom is -0.462 e. The Morgan fingerprint density at radius 2 is 1.59 bits per heavy atom. The number of carbonyl (C=O) groups excluding carboxylic acids is 2. The number of sulfonamides is 1. The van der Waals surface area contributed by atoms with Gasteiger partial charge in [0.2, 0.25) is 10.0 Å². The van der Waals surface area contributed by atoms with Crippen LogP contribution in [0.15, 0.2) is 53.4 Å². The normalized spacial score (nSPS) is 15.4. The first-order valence-electron chi connectivity index (χ1n) is 9.78. The summed E-state index contributed by atoms with van der Waals surface area (Å²) >= 11 is 0. The molecule has 0 spiro atoms. The molecule has 0 saturated carbocycles. The fourth-order valence-corrected chi connectivity index (χ4v) is 4.69. The monoisotopic (exact) mass is 470 g/mol. The molecule has 32 heavy (non-hydrogen) atoms. The maximum absolute atomic E-state index is 12.9. The van der Waals surface area contributed by atoms with Gasteiger partial charge < -0.3 is 9.64 Å². The van der Waals surface area contributed by atoms with Crippen LogP contribution in [0.2, 0.25) is 0 Å². The zero-order chi connectivity index (χ0) is 23.5. The molecular formula is C21H21F3N2O5S. The van der Waals surface area contributed by atoms with E-state index in [0.29, 0.717) is 0 Å². The maximum Gasteiger partial charge on any atom is 0.416 e. The predicted molar refractivity (Wildman–Crippen MR) is 109 cm³/mol. The smallest absolute Gasteiger partial charge is 0.416 e. The topological polar surface area (TPSA) is 84.0 Å². The highest BCUT2D eigenvalue weighted by atomic mass is 32.2. The fourth-order valence-electron chi connectivity index (χ4n) is 3.27. The van der Waals surface area contributed by atoms with Crippen molar-refractivity contribution in [3.05, 3.63) is 65.2 Å². The van der Waals surface area contributed by atoms with Crippen LogP contribution >= 0.6 is 0 Å². The largest absolute Gasteiger partial charge is 0.462 e. The van der Waals surface area contributed by atoms with Crippen molar-refractivity contribution < 1.29 is 35.9 Å². The average Bonchev–Trinajstić information content (AvgIpc) is 2.78. The van der Waals surface area contributed by atoms with E-state index < -0.39 is 33.6 Å². The van der Waals surface area contributed by atoms with Gasteiger partial charge in [0.25, 0.3) is 5.91 Å². The summed E-state index contributed by atoms with van der Waals surface area (Å²) in [5.74, 6) is -1.15. The van der Waals surface area contributed by atoms with E-state index in [1.165, 1.54) is 39.5 Å². The summed E-state index contributed by atoms with van der Waals surface area (Å²) in [4.78, 5) is 25.6. The van der Waals surface area contributed by atoms with Gasteiger partial charge in [0.1, 0.15) is 0 Å². The number of alkyl halides is 3. The summed E-state index contributed by atoms with van der Waals surface area (Å²) in [7, 11) is -3.86. The van der Waals surface area contributed by atoms with Crippen LogP contribution in [0.1, 0.15) is 33.2 Å². The third-order valence-electron chi connectivity index (χ3n) is 4.97. The van der Waals surface area contributed by atoms with Crippen LogP contribution in [-0.4, -0.2) is 62.3 Å². The molecule has 1 aliphatic heterocycles. The molecule has 1 aliphatic rings. The number of nitrogens with zero attached hydrogens (tertiary/aromatic N) is 2. The average molecular weight is 470 g/mol. The summed E-state index contributed by atoms with van der Waals surface area (Å²) in [6.07, 6.45) is -4.56. The van der Waals surface area contributed by atoms with Crippen molar-refractivity contribution >= 4 is 21.9 Å². The Morgan fingerprint density at radius 3 is 2.16 bits per heavy atom. The van der Waals surface area contributed by atoms with Gasteiger partial charge in [0.15, 0.2) is 0 Å². The number of hydrogen-bond donors (Lipinski definition) is 0. The molecule has 0 bridgehead atoms. The summed E-state index contributed by atoms with van der Waals surface area (Å²) in [6, 6.07) is 9.47. The number of halogens is 3. The van der Waals surface area contributed by atoms with E-state index in [0.717, 1.165) is 18.2 Å². The highest BCUT2D eigenvalue weighted by molar-refractivity contribution is 7.89. The van der Waals surface area contributed by atoms with Gasteiger partial charge in [-0.2, -0.15) is 17.5 Å². The quantitative estimate of drug-likeness (QED) is 0.628. The standard InChI is InChI=1S/C21H21F3N2O5S/c1-2-31-20(28)15-6-8-18(9-7-15)32(29,30)26-12-10-25(11-13-26)19(27)16-4-3-5-17(14-16)21(22,23)24/h3-9,14H,2,10-13H2,1H3. The lowest BCUT2D eigenvalue weighted by Crippen LogP contribution is -2.50. The number of piperazine rings is 1. The van der Waals surface area contributed by atoms with E-state index in [9.17, 15) is 31.2 Å². The summed E-state index contributed by atoms with van der Waals surface area (Å²) < 4.78 is 70.5. The Kier molecular flexibility index (Phi) is 6.89. The van der Waals surface area contributed by atoms with E-state index in [1.54, 1.807) is 6.92 Å². The summed E-state index contributed by atoms with van der Waals surface area (Å²) in [6.45, 7) is 1.92. The van der Waals surface area contributed by atoms with Gasteiger partial charge in [0.05, 0.1) is 22.6 Å². The molecule has 11 heteroatoms. The number of amides is 1. The molecule has 0 unspecified atom stereocenters. The lowest BCUT2D eigenvalue weighted by molar-refractivity contribution is -0.137. The number of esters is 1. The second-order valence-electron chi connectivity index (χ2n) is 7.02. The van der Waals surface area contributed by atoms with Gasteiger partial charge in [-0.05, 0) is 49.4 Å². The van der Waals surface area contributed by atoms with Crippen LogP contribution in [0.25, 0.3) is 0 Å². The van der Waals surface area contributed by atoms with Crippen molar-refractivity contribution in [3.63, 3.8) is 0 Å². The van der Waals surface area contributed by atoms with Gasteiger partial charge in [-0.15, -0.1) is 0 Å². The molecule has 2 aromatic rings. The Labute approximate surface area is 183 Å². The number of benzene rings is 2. The van der Waals surface area contributed by atoms with Crippen molar-refractivity contribution in [3.8, 4) is 0 Å². The molecular weight excluding hydrogens is 449 g/mol. The second-order valence-corrected chi connectivity index (χ2v) is 8.96. The number of hydrogen-bond acceptors (Lipinski definition) is 5. The van der Waals surface area contributed by atoms with Gasteiger partial charge in [-0.25, -0.2) is 13.2 Å². The van der Waals surface area contributed by atoms with Crippen molar-refractivity contribution in [1.29, 1.82) is 0 Å². The van der Waals surface area contributed by atoms with E-state index in [-0.39, 0.29) is 48.8 Å². The highest BCUT2D eigenvalue weighted by Crippen LogP contribution is 2.30. The van der Waals surface area contributed by atoms with Crippen LogP contribution in [0.4, 0.5) is 13.2 Å². The summed E-state index contributed by atoms with van der Waals surface area (Å²) in [5.41, 5.74) is -0.802. The molecule has 1 fully saturated rings. The first-order chi connectivity index (χ1) is 15.0. The number of rotatable bonds is 5. The first kappa shape index (κ1) is 23.7. The van der Waals surface area contributed by atoms with Crippen LogP contribution in [0, 0.1) is 0 Å². The molecule has 172 valence electrons. The van der Waals surface area contributed by atoms with Gasteiger partial charge in [-0.1, -0.05) is 6.07 Å². The molecule has 1 amide bonds. The van der Waals surface area contributed by atoms with Crippen LogP contribution < -0.4 is 0 Å². The minimum absolute atomic E-state index is 0.00728. The maximum atomic E-state index is 12.9. The molecule has 1 heterocycles. The van der Waals surface area contributed by atoms with Gasteiger partial charge in [-0.3, -0.25) is 4.79 Å². The lowest BCUT2D eigenvalue weighted by atomic mass is 10.1. The molecule has 0 radical (unpaired) electrons. The zero-order valence-electron chi connectivity index (χ0n) is 17.1. The lowest BCUT2D eigenvalue weighted by Gasteiger charge is -2.34. The minimum atomic E-state index is -4.56. The molecule has 0 atom stereocenters. The van der Waals surface area contributed by atoms with E-state index in [2.05, 4.69) is 0 Å². The Bertz CT molecular complexity index is 1090. The van der Waals surface area contributed by atoms with Crippen molar-refractivity contribution in [2.24, 2.45) is 0 Å². The molecule has 0 aromatic heterocycles. The first-order valence-corrected chi connectivity index (χ1v) is 11.2. The number of ether oxygens (including phenoxy) is 1. The molecule has 2 aromatic carbocycles. The van der Waals surface area contributed by atoms with E-state index >= 15 is 0 Å². The van der Waals surface area contributed by atoms with Crippen LogP contribution in [0.3, 0.4) is 0 Å². The molecule has 3 rings (SSSR count). The molecule has 0 aliphatic carbocycles. The highest BCUT2D eigenvalue weighted by Gasteiger charge is 2.33. The molecule has 0 N–H and O–H groups in total. The van der Waals surface area contributed by atoms with E-state index in [1.807, 2.05) is 0 Å². The molecule has 7 nitrogen and oxygen atoms in total. The second kappa shape index (κ2) is 9.29. The van der Waals surface area contributed by atoms with Crippen molar-refractivity contribution in [2.75, 3.05) is 32.8 Å². The van der Waals surface area contributed by atoms with E-state index in [4.69, 9.17) is 4.74 Å². The zero-order valence-corrected chi connectivity index (χ0v) is 17.9. The number of carbonyl (C=O) groups is 2. The SMILES string of the molecule is CCOC(=O)c1ccc(S(=O)(=O)N2CCN(C(=O)c3cccc(C(F)(F)F)c3)CC2)cc1. The predicted octanol–water partition coefficient (Wildman–Crippen LogP) is 3.03. The Balaban J connectivity index is 1.67. The third kappa shape index (κ3) is 5.10. The van der Waals surface area contributed by atoms with Crippen LogP contribution in [-0.2, 0) is 20.9 Å². The summed E-state index contributed by atoms with van der Waals surface area (Å²) in [5, 5.41) is 0. The van der Waals surface area contributed by atoms with Gasteiger partial charge in [0, 0.05) is 31.7 Å². The molecule has 1 saturated heterocycles. The van der Waals surface area contributed by atoms with Crippen molar-refractivity contribution in [2.45, 2.75) is 18.0 Å². The Morgan fingerprint density at radius 1 is 0.969 bits per heavy atom. The third-order valence-corrected chi connectivity index (χ3v) is 6.88. The Hall–Kier alpha value is -2.92. The van der Waals surface area contributed by atoms with Crippen molar-refractivity contribution in [1.82, 2.24) is 9.21 Å². The fraction of sp³-hybridized carbons (Fsp3) is 0.333. The van der Waals surface area contributed by atoms with Crippen LogP contribution in [0.5, 0.6) is 0 Å².